The van der Waals surface area contributed by atoms with E-state index in [9.17, 15) is 4.79 Å². The topological polar surface area (TPSA) is 57.9 Å². The van der Waals surface area contributed by atoms with Gasteiger partial charge in [0.15, 0.2) is 11.5 Å². The van der Waals surface area contributed by atoms with E-state index in [1.165, 1.54) is 14.2 Å². The van der Waals surface area contributed by atoms with Crippen molar-refractivity contribution < 1.29 is 23.4 Å². The highest BCUT2D eigenvalue weighted by Crippen LogP contribution is 2.44. The molecule has 0 bridgehead atoms. The Morgan fingerprint density at radius 1 is 0.875 bits per heavy atom. The van der Waals surface area contributed by atoms with Crippen LogP contribution in [0.5, 0.6) is 17.2 Å². The number of furan rings is 1. The van der Waals surface area contributed by atoms with Crippen molar-refractivity contribution in [2.75, 3.05) is 14.2 Å². The summed E-state index contributed by atoms with van der Waals surface area (Å²) in [6.07, 6.45) is 1.56. The van der Waals surface area contributed by atoms with Gasteiger partial charge in [0, 0.05) is 0 Å². The molecule has 5 heteroatoms. The molecule has 0 saturated heterocycles. The number of rotatable bonds is 5. The minimum absolute atomic E-state index is 0.211. The molecule has 0 amide bonds. The number of benzene rings is 2. The third-order valence-electron chi connectivity index (χ3n) is 3.49. The minimum atomic E-state index is -0.496. The molecule has 0 unspecified atom stereocenters. The Balaban J connectivity index is 2.05. The average Bonchev–Trinajstić information content (AvgIpc) is 3.16. The van der Waals surface area contributed by atoms with Crippen molar-refractivity contribution in [3.05, 3.63) is 66.4 Å². The fourth-order valence-electron chi connectivity index (χ4n) is 2.36. The fraction of sp³-hybridized carbons (Fsp3) is 0.105. The summed E-state index contributed by atoms with van der Waals surface area (Å²) in [5, 5.41) is 0. The van der Waals surface area contributed by atoms with Gasteiger partial charge in [-0.25, -0.2) is 4.79 Å². The quantitative estimate of drug-likeness (QED) is 0.520. The molecule has 5 nitrogen and oxygen atoms in total. The van der Waals surface area contributed by atoms with E-state index < -0.39 is 5.97 Å². The first-order valence-electron chi connectivity index (χ1n) is 7.30. The van der Waals surface area contributed by atoms with Crippen LogP contribution in [0.25, 0.3) is 11.3 Å². The van der Waals surface area contributed by atoms with E-state index in [0.29, 0.717) is 28.4 Å². The Hall–Kier alpha value is -3.21. The lowest BCUT2D eigenvalue weighted by atomic mass is 10.1. The summed E-state index contributed by atoms with van der Waals surface area (Å²) in [4.78, 5) is 12.4. The molecule has 2 aromatic carbocycles. The van der Waals surface area contributed by atoms with Gasteiger partial charge in [-0.2, -0.15) is 0 Å². The summed E-state index contributed by atoms with van der Waals surface area (Å²) >= 11 is 0. The maximum Gasteiger partial charge on any atom is 0.343 e. The van der Waals surface area contributed by atoms with Crippen LogP contribution in [-0.4, -0.2) is 20.2 Å². The molecule has 0 aliphatic carbocycles. The fourth-order valence-corrected chi connectivity index (χ4v) is 2.36. The van der Waals surface area contributed by atoms with Crippen molar-refractivity contribution in [3.63, 3.8) is 0 Å². The minimum Gasteiger partial charge on any atom is -0.493 e. The van der Waals surface area contributed by atoms with E-state index in [1.807, 2.05) is 6.07 Å². The molecule has 3 aromatic rings. The van der Waals surface area contributed by atoms with E-state index in [1.54, 1.807) is 54.8 Å². The Labute approximate surface area is 139 Å². The van der Waals surface area contributed by atoms with Gasteiger partial charge in [-0.15, -0.1) is 0 Å². The second-order valence-electron chi connectivity index (χ2n) is 4.91. The molecule has 0 atom stereocenters. The molecular formula is C19H16O5. The maximum absolute atomic E-state index is 12.4. The van der Waals surface area contributed by atoms with Crippen molar-refractivity contribution in [1.82, 2.24) is 0 Å². The Bertz CT molecular complexity index is 822. The van der Waals surface area contributed by atoms with Crippen molar-refractivity contribution in [3.8, 4) is 28.6 Å². The number of hydrogen-bond donors (Lipinski definition) is 0. The zero-order valence-corrected chi connectivity index (χ0v) is 13.3. The van der Waals surface area contributed by atoms with Crippen LogP contribution in [0.1, 0.15) is 10.4 Å². The molecule has 0 aliphatic heterocycles. The van der Waals surface area contributed by atoms with Crippen molar-refractivity contribution in [1.29, 1.82) is 0 Å². The highest BCUT2D eigenvalue weighted by molar-refractivity contribution is 5.92. The number of esters is 1. The van der Waals surface area contributed by atoms with Crippen LogP contribution in [0.3, 0.4) is 0 Å². The summed E-state index contributed by atoms with van der Waals surface area (Å²) in [5.74, 6) is 1.08. The van der Waals surface area contributed by atoms with Gasteiger partial charge in [0.05, 0.1) is 31.6 Å². The molecule has 3 rings (SSSR count). The van der Waals surface area contributed by atoms with Gasteiger partial charge in [0.1, 0.15) is 5.76 Å². The molecule has 24 heavy (non-hydrogen) atoms. The normalized spacial score (nSPS) is 10.2. The molecule has 1 heterocycles. The van der Waals surface area contributed by atoms with Crippen LogP contribution in [0.2, 0.25) is 0 Å². The number of carbonyl (C=O) groups is 1. The third-order valence-corrected chi connectivity index (χ3v) is 3.49. The van der Waals surface area contributed by atoms with Crippen LogP contribution in [0, 0.1) is 0 Å². The van der Waals surface area contributed by atoms with Crippen molar-refractivity contribution in [2.24, 2.45) is 0 Å². The van der Waals surface area contributed by atoms with Gasteiger partial charge in [0.25, 0.3) is 0 Å². The van der Waals surface area contributed by atoms with Gasteiger partial charge in [-0.1, -0.05) is 18.2 Å². The molecule has 122 valence electrons. The standard InChI is InChI=1S/C19H16O5/c1-21-16-11-10-14(15-9-6-12-23-15)17(22-2)18(16)24-19(20)13-7-4-3-5-8-13/h3-12H,1-2H3. The molecule has 0 radical (unpaired) electrons. The summed E-state index contributed by atoms with van der Waals surface area (Å²) in [6, 6.07) is 15.8. The van der Waals surface area contributed by atoms with Crippen molar-refractivity contribution >= 4 is 5.97 Å². The number of methoxy groups -OCH3 is 2. The molecule has 0 spiro atoms. The Morgan fingerprint density at radius 3 is 2.29 bits per heavy atom. The molecule has 1 aromatic heterocycles. The lowest BCUT2D eigenvalue weighted by Crippen LogP contribution is -2.10. The smallest absolute Gasteiger partial charge is 0.343 e. The highest BCUT2D eigenvalue weighted by Gasteiger charge is 2.22. The number of carbonyl (C=O) groups excluding carboxylic acids is 1. The van der Waals surface area contributed by atoms with E-state index in [4.69, 9.17) is 18.6 Å². The first-order valence-corrected chi connectivity index (χ1v) is 7.30. The van der Waals surface area contributed by atoms with Crippen LogP contribution in [0.15, 0.2) is 65.3 Å². The predicted molar refractivity (Wildman–Crippen MR) is 88.6 cm³/mol. The monoisotopic (exact) mass is 324 g/mol. The SMILES string of the molecule is COc1ccc(-c2ccco2)c(OC)c1OC(=O)c1ccccc1. The second kappa shape index (κ2) is 6.91. The van der Waals surface area contributed by atoms with Gasteiger partial charge in [0.2, 0.25) is 5.75 Å². The van der Waals surface area contributed by atoms with E-state index in [0.717, 1.165) is 0 Å². The molecule has 0 N–H and O–H groups in total. The summed E-state index contributed by atoms with van der Waals surface area (Å²) in [7, 11) is 3.00. The second-order valence-corrected chi connectivity index (χ2v) is 4.91. The van der Waals surface area contributed by atoms with Crippen LogP contribution in [-0.2, 0) is 0 Å². The van der Waals surface area contributed by atoms with Crippen LogP contribution in [0.4, 0.5) is 0 Å². The van der Waals surface area contributed by atoms with E-state index in [2.05, 4.69) is 0 Å². The van der Waals surface area contributed by atoms with Crippen LogP contribution >= 0.6 is 0 Å². The number of ether oxygens (including phenoxy) is 3. The summed E-state index contributed by atoms with van der Waals surface area (Å²) in [6.45, 7) is 0. The summed E-state index contributed by atoms with van der Waals surface area (Å²) < 4.78 is 21.7. The Kier molecular flexibility index (Phi) is 4.52. The lowest BCUT2D eigenvalue weighted by Gasteiger charge is -2.15. The zero-order chi connectivity index (χ0) is 16.9. The molecule has 0 fully saturated rings. The largest absolute Gasteiger partial charge is 0.493 e. The number of hydrogen-bond acceptors (Lipinski definition) is 5. The predicted octanol–water partition coefficient (Wildman–Crippen LogP) is 4.18. The molecule has 0 saturated carbocycles. The molecular weight excluding hydrogens is 308 g/mol. The van der Waals surface area contributed by atoms with Gasteiger partial charge in [-0.3, -0.25) is 0 Å². The average molecular weight is 324 g/mol. The Morgan fingerprint density at radius 2 is 1.67 bits per heavy atom. The maximum atomic E-state index is 12.4. The van der Waals surface area contributed by atoms with Crippen LogP contribution < -0.4 is 14.2 Å². The van der Waals surface area contributed by atoms with Gasteiger partial charge < -0.3 is 18.6 Å². The van der Waals surface area contributed by atoms with E-state index in [-0.39, 0.29) is 5.75 Å². The van der Waals surface area contributed by atoms with Gasteiger partial charge in [-0.05, 0) is 36.4 Å². The molecule has 0 aliphatic rings. The van der Waals surface area contributed by atoms with Gasteiger partial charge >= 0.3 is 5.97 Å². The lowest BCUT2D eigenvalue weighted by molar-refractivity contribution is 0.0724. The third kappa shape index (κ3) is 2.96. The summed E-state index contributed by atoms with van der Waals surface area (Å²) in [5.41, 5.74) is 1.10. The highest BCUT2D eigenvalue weighted by atomic mass is 16.6. The van der Waals surface area contributed by atoms with Crippen molar-refractivity contribution in [2.45, 2.75) is 0 Å². The van der Waals surface area contributed by atoms with E-state index >= 15 is 0 Å². The first kappa shape index (κ1) is 15.7. The first-order chi connectivity index (χ1) is 11.7. The zero-order valence-electron chi connectivity index (χ0n) is 13.3.